The Hall–Kier alpha value is -2.63. The standard InChI is InChI=1S/C16H13F6N3O2S/c1-2-27-13(26)6-12-8-28-14(24-12)25-23-7-9-3-10(15(17,18)19)5-11(4-9)16(20,21)22/h3-5,7-8H,2,6H2,1H3,(H,24,25). The molecule has 0 atom stereocenters. The van der Waals surface area contributed by atoms with Crippen molar-refractivity contribution in [2.75, 3.05) is 12.0 Å². The summed E-state index contributed by atoms with van der Waals surface area (Å²) < 4.78 is 81.6. The number of rotatable bonds is 6. The first kappa shape index (κ1) is 21.7. The number of anilines is 1. The summed E-state index contributed by atoms with van der Waals surface area (Å²) in [7, 11) is 0. The van der Waals surface area contributed by atoms with Crippen LogP contribution in [0.25, 0.3) is 0 Å². The van der Waals surface area contributed by atoms with Crippen LogP contribution in [-0.2, 0) is 28.3 Å². The van der Waals surface area contributed by atoms with Gasteiger partial charge >= 0.3 is 18.3 Å². The molecule has 0 saturated heterocycles. The normalized spacial score (nSPS) is 12.4. The van der Waals surface area contributed by atoms with Gasteiger partial charge in [0.1, 0.15) is 0 Å². The third-order valence-corrected chi connectivity index (χ3v) is 3.96. The Morgan fingerprint density at radius 1 is 1.18 bits per heavy atom. The summed E-state index contributed by atoms with van der Waals surface area (Å²) in [5.74, 6) is -0.480. The van der Waals surface area contributed by atoms with Crippen molar-refractivity contribution in [3.05, 3.63) is 46.0 Å². The van der Waals surface area contributed by atoms with Gasteiger partial charge in [0.25, 0.3) is 0 Å². The van der Waals surface area contributed by atoms with Crippen LogP contribution in [0.2, 0.25) is 0 Å². The van der Waals surface area contributed by atoms with E-state index in [2.05, 4.69) is 15.5 Å². The van der Waals surface area contributed by atoms with Gasteiger partial charge in [-0.15, -0.1) is 11.3 Å². The van der Waals surface area contributed by atoms with Crippen molar-refractivity contribution < 1.29 is 35.9 Å². The summed E-state index contributed by atoms with van der Waals surface area (Å²) in [5.41, 5.74) is -0.476. The molecule has 2 rings (SSSR count). The molecule has 0 amide bonds. The fraction of sp³-hybridized carbons (Fsp3) is 0.312. The van der Waals surface area contributed by atoms with E-state index in [1.807, 2.05) is 0 Å². The largest absolute Gasteiger partial charge is 0.466 e. The summed E-state index contributed by atoms with van der Waals surface area (Å²) in [4.78, 5) is 15.4. The second-order valence-corrected chi connectivity index (χ2v) is 6.19. The van der Waals surface area contributed by atoms with Crippen molar-refractivity contribution in [1.29, 1.82) is 0 Å². The lowest BCUT2D eigenvalue weighted by molar-refractivity contribution is -0.144. The minimum atomic E-state index is -4.94. The van der Waals surface area contributed by atoms with Crippen molar-refractivity contribution in [1.82, 2.24) is 4.98 Å². The Bertz CT molecular complexity index is 829. The van der Waals surface area contributed by atoms with Crippen LogP contribution in [0.5, 0.6) is 0 Å². The molecule has 0 bridgehead atoms. The number of hydrogen-bond donors (Lipinski definition) is 1. The third kappa shape index (κ3) is 6.22. The van der Waals surface area contributed by atoms with Gasteiger partial charge in [0.15, 0.2) is 0 Å². The molecule has 0 saturated carbocycles. The highest BCUT2D eigenvalue weighted by Crippen LogP contribution is 2.36. The van der Waals surface area contributed by atoms with Gasteiger partial charge < -0.3 is 4.74 Å². The molecule has 2 aromatic rings. The molecule has 1 aromatic carbocycles. The molecule has 152 valence electrons. The average Bonchev–Trinajstić information content (AvgIpc) is 3.00. The van der Waals surface area contributed by atoms with Crippen molar-refractivity contribution in [3.8, 4) is 0 Å². The third-order valence-electron chi connectivity index (χ3n) is 3.17. The SMILES string of the molecule is CCOC(=O)Cc1csc(NN=Cc2cc(C(F)(F)F)cc(C(F)(F)F)c2)n1. The quantitative estimate of drug-likeness (QED) is 0.315. The number of nitrogens with one attached hydrogen (secondary N) is 1. The molecule has 1 heterocycles. The van der Waals surface area contributed by atoms with Gasteiger partial charge in [-0.25, -0.2) is 4.98 Å². The zero-order valence-corrected chi connectivity index (χ0v) is 15.0. The fourth-order valence-corrected chi connectivity index (χ4v) is 2.67. The van der Waals surface area contributed by atoms with Gasteiger partial charge in [-0.3, -0.25) is 10.2 Å². The van der Waals surface area contributed by atoms with E-state index in [0.717, 1.165) is 17.6 Å². The first-order valence-electron chi connectivity index (χ1n) is 7.67. The molecule has 28 heavy (non-hydrogen) atoms. The Balaban J connectivity index is 2.14. The first-order valence-corrected chi connectivity index (χ1v) is 8.55. The van der Waals surface area contributed by atoms with Crippen LogP contribution in [0.1, 0.15) is 29.3 Å². The number of carbonyl (C=O) groups excluding carboxylic acids is 1. The highest BCUT2D eigenvalue weighted by molar-refractivity contribution is 7.13. The molecule has 0 aliphatic carbocycles. The van der Waals surface area contributed by atoms with E-state index in [-0.39, 0.29) is 24.2 Å². The molecule has 5 nitrogen and oxygen atoms in total. The van der Waals surface area contributed by atoms with E-state index in [9.17, 15) is 31.1 Å². The number of thiazole rings is 1. The van der Waals surface area contributed by atoms with Crippen LogP contribution < -0.4 is 5.43 Å². The maximum Gasteiger partial charge on any atom is 0.416 e. The molecule has 0 unspecified atom stereocenters. The highest BCUT2D eigenvalue weighted by Gasteiger charge is 2.36. The molecule has 0 aliphatic heterocycles. The van der Waals surface area contributed by atoms with E-state index in [4.69, 9.17) is 4.74 Å². The van der Waals surface area contributed by atoms with E-state index >= 15 is 0 Å². The molecule has 0 fully saturated rings. The number of nitrogens with zero attached hydrogens (tertiary/aromatic N) is 2. The number of carbonyl (C=O) groups is 1. The van der Waals surface area contributed by atoms with Crippen LogP contribution in [0, 0.1) is 0 Å². The van der Waals surface area contributed by atoms with E-state index in [1.54, 1.807) is 12.3 Å². The fourth-order valence-electron chi connectivity index (χ4n) is 2.01. The Labute approximate surface area is 159 Å². The molecular formula is C16H13F6N3O2S. The average molecular weight is 425 g/mol. The van der Waals surface area contributed by atoms with Gasteiger partial charge in [0, 0.05) is 5.38 Å². The Kier molecular flexibility index (Phi) is 6.65. The van der Waals surface area contributed by atoms with Gasteiger partial charge in [-0.1, -0.05) is 0 Å². The summed E-state index contributed by atoms with van der Waals surface area (Å²) in [5, 5.41) is 5.36. The summed E-state index contributed by atoms with van der Waals surface area (Å²) in [6.45, 7) is 1.87. The van der Waals surface area contributed by atoms with Crippen molar-refractivity contribution in [2.45, 2.75) is 25.7 Å². The highest BCUT2D eigenvalue weighted by atomic mass is 32.1. The maximum absolute atomic E-state index is 12.8. The van der Waals surface area contributed by atoms with Gasteiger partial charge in [-0.05, 0) is 30.7 Å². The first-order chi connectivity index (χ1) is 13.0. The molecule has 0 spiro atoms. The summed E-state index contributed by atoms with van der Waals surface area (Å²) in [6, 6.07) is 1.14. The molecule has 0 radical (unpaired) electrons. The number of ether oxygens (including phenoxy) is 1. The van der Waals surface area contributed by atoms with Crippen molar-refractivity contribution >= 4 is 28.7 Å². The number of esters is 1. The molecule has 1 N–H and O–H groups in total. The number of hydrazone groups is 1. The van der Waals surface area contributed by atoms with E-state index in [0.29, 0.717) is 17.8 Å². The topological polar surface area (TPSA) is 63.6 Å². The second kappa shape index (κ2) is 8.59. The number of aromatic nitrogens is 1. The van der Waals surface area contributed by atoms with Gasteiger partial charge in [0.05, 0.1) is 36.1 Å². The lowest BCUT2D eigenvalue weighted by Crippen LogP contribution is -2.11. The van der Waals surface area contributed by atoms with Crippen LogP contribution in [-0.4, -0.2) is 23.8 Å². The molecule has 1 aromatic heterocycles. The Morgan fingerprint density at radius 2 is 1.79 bits per heavy atom. The molecule has 0 aliphatic rings. The van der Waals surface area contributed by atoms with Crippen molar-refractivity contribution in [2.24, 2.45) is 5.10 Å². The van der Waals surface area contributed by atoms with Crippen LogP contribution in [0.15, 0.2) is 28.7 Å². The number of halogens is 6. The number of benzene rings is 1. The minimum absolute atomic E-state index is 0.0350. The van der Waals surface area contributed by atoms with E-state index in [1.165, 1.54) is 0 Å². The number of alkyl halides is 6. The zero-order chi connectivity index (χ0) is 20.9. The minimum Gasteiger partial charge on any atom is -0.466 e. The van der Waals surface area contributed by atoms with Crippen LogP contribution >= 0.6 is 11.3 Å². The summed E-state index contributed by atoms with van der Waals surface area (Å²) >= 11 is 1.06. The molecule has 12 heteroatoms. The zero-order valence-electron chi connectivity index (χ0n) is 14.2. The van der Waals surface area contributed by atoms with Crippen molar-refractivity contribution in [3.63, 3.8) is 0 Å². The summed E-state index contributed by atoms with van der Waals surface area (Å²) in [6.07, 6.45) is -9.13. The van der Waals surface area contributed by atoms with E-state index < -0.39 is 35.0 Å². The number of hydrogen-bond acceptors (Lipinski definition) is 6. The monoisotopic (exact) mass is 425 g/mol. The van der Waals surface area contributed by atoms with Crippen LogP contribution in [0.3, 0.4) is 0 Å². The molecular weight excluding hydrogens is 412 g/mol. The predicted octanol–water partition coefficient (Wildman–Crippen LogP) is 4.73. The predicted molar refractivity (Wildman–Crippen MR) is 90.1 cm³/mol. The smallest absolute Gasteiger partial charge is 0.416 e. The lowest BCUT2D eigenvalue weighted by Gasteiger charge is -2.12. The second-order valence-electron chi connectivity index (χ2n) is 5.34. The van der Waals surface area contributed by atoms with Gasteiger partial charge in [-0.2, -0.15) is 31.4 Å². The van der Waals surface area contributed by atoms with Crippen LogP contribution in [0.4, 0.5) is 31.5 Å². The van der Waals surface area contributed by atoms with Gasteiger partial charge in [0.2, 0.25) is 5.13 Å². The Morgan fingerprint density at radius 3 is 2.32 bits per heavy atom. The maximum atomic E-state index is 12.8. The lowest BCUT2D eigenvalue weighted by atomic mass is 10.1.